The van der Waals surface area contributed by atoms with Gasteiger partial charge >= 0.3 is 12.0 Å². The van der Waals surface area contributed by atoms with Crippen LogP contribution in [-0.2, 0) is 21.4 Å². The molecule has 1 saturated heterocycles. The number of esters is 1. The number of amides is 2. The molecule has 0 bridgehead atoms. The third-order valence-electron chi connectivity index (χ3n) is 6.90. The number of hydrogen-bond acceptors (Lipinski definition) is 4. The number of nitrogens with one attached hydrogen (secondary N) is 1. The van der Waals surface area contributed by atoms with Gasteiger partial charge in [-0.15, -0.1) is 0 Å². The van der Waals surface area contributed by atoms with Crippen LogP contribution in [0.25, 0.3) is 0 Å². The predicted octanol–water partition coefficient (Wildman–Crippen LogP) is 6.61. The largest absolute Gasteiger partial charge is 0.462 e. The summed E-state index contributed by atoms with van der Waals surface area (Å²) in [4.78, 5) is 27.0. The quantitative estimate of drug-likeness (QED) is 0.444. The van der Waals surface area contributed by atoms with Crippen molar-refractivity contribution in [3.05, 3.63) is 76.0 Å². The maximum absolute atomic E-state index is 13.4. The highest BCUT2D eigenvalue weighted by molar-refractivity contribution is 6.31. The molecule has 6 nitrogen and oxygen atoms in total. The lowest BCUT2D eigenvalue weighted by molar-refractivity contribution is 0.0461. The van der Waals surface area contributed by atoms with Crippen LogP contribution in [0.4, 0.5) is 10.5 Å². The maximum atomic E-state index is 13.4. The van der Waals surface area contributed by atoms with Crippen LogP contribution in [0.1, 0.15) is 69.4 Å². The summed E-state index contributed by atoms with van der Waals surface area (Å²) in [6.45, 7) is 13.0. The molecule has 2 aromatic rings. The zero-order valence-electron chi connectivity index (χ0n) is 21.9. The molecule has 1 fully saturated rings. The molecule has 2 aliphatic heterocycles. The van der Waals surface area contributed by atoms with Crippen molar-refractivity contribution in [3.63, 3.8) is 0 Å². The van der Waals surface area contributed by atoms with Gasteiger partial charge in [-0.3, -0.25) is 4.90 Å². The van der Waals surface area contributed by atoms with Gasteiger partial charge in [0.2, 0.25) is 0 Å². The summed E-state index contributed by atoms with van der Waals surface area (Å²) in [5.74, 6) is -0.391. The first-order valence-corrected chi connectivity index (χ1v) is 12.8. The van der Waals surface area contributed by atoms with E-state index in [1.165, 1.54) is 0 Å². The van der Waals surface area contributed by atoms with Gasteiger partial charge in [0.05, 0.1) is 30.1 Å². The fourth-order valence-electron chi connectivity index (χ4n) is 4.76. The molecular formula is C29H35ClN2O4. The first-order chi connectivity index (χ1) is 16.9. The number of nitrogens with zero attached hydrogens (tertiary/aromatic N) is 1. The molecule has 2 amide bonds. The molecule has 2 aromatic carbocycles. The van der Waals surface area contributed by atoms with Gasteiger partial charge in [-0.05, 0) is 80.5 Å². The van der Waals surface area contributed by atoms with Gasteiger partial charge in [-0.25, -0.2) is 9.59 Å². The lowest BCUT2D eigenvalue weighted by Crippen LogP contribution is -2.56. The van der Waals surface area contributed by atoms with Crippen molar-refractivity contribution in [3.8, 4) is 0 Å². The maximum Gasteiger partial charge on any atom is 0.338 e. The fraction of sp³-hybridized carbons (Fsp3) is 0.448. The second kappa shape index (κ2) is 9.56. The molecule has 0 spiro atoms. The topological polar surface area (TPSA) is 67.9 Å². The summed E-state index contributed by atoms with van der Waals surface area (Å²) in [5.41, 5.74) is 2.81. The Morgan fingerprint density at radius 2 is 1.86 bits per heavy atom. The second-order valence-electron chi connectivity index (χ2n) is 11.2. The van der Waals surface area contributed by atoms with E-state index < -0.39 is 17.1 Å². The zero-order chi connectivity index (χ0) is 26.3. The van der Waals surface area contributed by atoms with Crippen molar-refractivity contribution < 1.29 is 19.1 Å². The first kappa shape index (κ1) is 26.2. The summed E-state index contributed by atoms with van der Waals surface area (Å²) in [6.07, 6.45) is 3.77. The minimum absolute atomic E-state index is 0.217. The van der Waals surface area contributed by atoms with E-state index in [1.807, 2.05) is 32.2 Å². The van der Waals surface area contributed by atoms with E-state index in [9.17, 15) is 9.59 Å². The third kappa shape index (κ3) is 5.02. The van der Waals surface area contributed by atoms with Gasteiger partial charge in [-0.1, -0.05) is 44.5 Å². The molecule has 0 unspecified atom stereocenters. The number of hydrogen-bond donors (Lipinski definition) is 1. The van der Waals surface area contributed by atoms with Crippen LogP contribution in [0.3, 0.4) is 0 Å². The molecule has 36 heavy (non-hydrogen) atoms. The molecule has 2 aliphatic rings. The molecule has 0 aliphatic carbocycles. The average Bonchev–Trinajstić information content (AvgIpc) is 3.08. The summed E-state index contributed by atoms with van der Waals surface area (Å²) >= 11 is 6.74. The summed E-state index contributed by atoms with van der Waals surface area (Å²) in [5, 5.41) is 3.91. The monoisotopic (exact) mass is 510 g/mol. The summed E-state index contributed by atoms with van der Waals surface area (Å²) < 4.78 is 11.3. The standard InChI is InChI=1S/C29H35ClN2O4/c1-7-35-25(33)20-9-12-22(13-10-20)32-17-24-28(5,6)36-18-29(24,31-26(32)34)21-11-8-19(23(30)16-21)14-15-27(2,3)4/h8-13,16-17H,7,14-15,18H2,1-6H3,(H,31,34)/t29-/m0/s1. The van der Waals surface area contributed by atoms with Crippen LogP contribution in [0.5, 0.6) is 0 Å². The summed E-state index contributed by atoms with van der Waals surface area (Å²) in [6, 6.07) is 12.6. The van der Waals surface area contributed by atoms with Crippen molar-refractivity contribution in [1.82, 2.24) is 5.32 Å². The highest BCUT2D eigenvalue weighted by Crippen LogP contribution is 2.48. The minimum Gasteiger partial charge on any atom is -0.462 e. The number of fused-ring (bicyclic) bond motifs is 1. The minimum atomic E-state index is -0.811. The molecule has 2 heterocycles. The predicted molar refractivity (Wildman–Crippen MR) is 142 cm³/mol. The molecule has 7 heteroatoms. The molecule has 0 saturated carbocycles. The second-order valence-corrected chi connectivity index (χ2v) is 11.6. The smallest absolute Gasteiger partial charge is 0.338 e. The van der Waals surface area contributed by atoms with E-state index in [0.717, 1.165) is 29.5 Å². The number of rotatable bonds is 6. The van der Waals surface area contributed by atoms with Crippen molar-refractivity contribution in [2.75, 3.05) is 18.1 Å². The lowest BCUT2D eigenvalue weighted by Gasteiger charge is -2.40. The third-order valence-corrected chi connectivity index (χ3v) is 7.25. The molecule has 0 radical (unpaired) electrons. The highest BCUT2D eigenvalue weighted by atomic mass is 35.5. The molecule has 1 N–H and O–H groups in total. The normalized spacial score (nSPS) is 21.0. The van der Waals surface area contributed by atoms with Gasteiger partial charge in [-0.2, -0.15) is 0 Å². The highest BCUT2D eigenvalue weighted by Gasteiger charge is 2.54. The number of aryl methyl sites for hydroxylation is 1. The van der Waals surface area contributed by atoms with Gasteiger partial charge in [0.15, 0.2) is 0 Å². The Morgan fingerprint density at radius 1 is 1.17 bits per heavy atom. The lowest BCUT2D eigenvalue weighted by atomic mass is 9.77. The Bertz CT molecular complexity index is 1200. The van der Waals surface area contributed by atoms with E-state index in [4.69, 9.17) is 21.1 Å². The number of carbonyl (C=O) groups is 2. The number of halogens is 1. The Balaban J connectivity index is 1.68. The molecule has 4 rings (SSSR count). The number of ether oxygens (including phenoxy) is 2. The van der Waals surface area contributed by atoms with E-state index in [-0.39, 0.29) is 11.4 Å². The molecule has 1 atom stereocenters. The van der Waals surface area contributed by atoms with Crippen LogP contribution in [-0.4, -0.2) is 30.8 Å². The molecule has 0 aromatic heterocycles. The van der Waals surface area contributed by atoms with Gasteiger partial charge < -0.3 is 14.8 Å². The Hall–Kier alpha value is -2.83. The first-order valence-electron chi connectivity index (χ1n) is 12.4. The van der Waals surface area contributed by atoms with Crippen LogP contribution in [0.15, 0.2) is 54.2 Å². The average molecular weight is 511 g/mol. The Labute approximate surface area is 218 Å². The zero-order valence-corrected chi connectivity index (χ0v) is 22.7. The van der Waals surface area contributed by atoms with Crippen molar-refractivity contribution in [2.24, 2.45) is 5.41 Å². The van der Waals surface area contributed by atoms with E-state index in [1.54, 1.807) is 36.1 Å². The van der Waals surface area contributed by atoms with E-state index in [0.29, 0.717) is 29.5 Å². The van der Waals surface area contributed by atoms with Crippen molar-refractivity contribution in [1.29, 1.82) is 0 Å². The van der Waals surface area contributed by atoms with Crippen LogP contribution in [0.2, 0.25) is 5.02 Å². The summed E-state index contributed by atoms with van der Waals surface area (Å²) in [7, 11) is 0. The van der Waals surface area contributed by atoms with Crippen molar-refractivity contribution >= 4 is 29.3 Å². The SMILES string of the molecule is CCOC(=O)c1ccc(N2C=C3C(C)(C)OC[C@@]3(c3ccc(CCC(C)(C)C)c(Cl)c3)NC2=O)cc1. The van der Waals surface area contributed by atoms with E-state index >= 15 is 0 Å². The van der Waals surface area contributed by atoms with Gasteiger partial charge in [0.25, 0.3) is 0 Å². The van der Waals surface area contributed by atoms with Crippen LogP contribution >= 0.6 is 11.6 Å². The van der Waals surface area contributed by atoms with Gasteiger partial charge in [0, 0.05) is 16.8 Å². The van der Waals surface area contributed by atoms with Crippen molar-refractivity contribution in [2.45, 2.75) is 65.5 Å². The Kier molecular flexibility index (Phi) is 6.97. The number of urea groups is 1. The van der Waals surface area contributed by atoms with Gasteiger partial charge in [0.1, 0.15) is 5.54 Å². The fourth-order valence-corrected chi connectivity index (χ4v) is 5.03. The molecular weight excluding hydrogens is 476 g/mol. The van der Waals surface area contributed by atoms with Crippen LogP contribution in [0, 0.1) is 5.41 Å². The Morgan fingerprint density at radius 3 is 2.47 bits per heavy atom. The molecule has 192 valence electrons. The number of benzene rings is 2. The number of anilines is 1. The van der Waals surface area contributed by atoms with Crippen LogP contribution < -0.4 is 10.2 Å². The number of carbonyl (C=O) groups excluding carboxylic acids is 2. The van der Waals surface area contributed by atoms with E-state index in [2.05, 4.69) is 32.2 Å².